The number of rotatable bonds is 9. The van der Waals surface area contributed by atoms with Crippen molar-refractivity contribution in [2.75, 3.05) is 18.5 Å². The molecule has 2 aromatic carbocycles. The number of nitrogens with two attached hydrogens (primary N) is 1. The molecule has 0 bridgehead atoms. The van der Waals surface area contributed by atoms with Gasteiger partial charge in [0.15, 0.2) is 6.61 Å². The molecule has 0 aliphatic carbocycles. The number of aryl methyl sites for hydroxylation is 1. The van der Waals surface area contributed by atoms with Gasteiger partial charge < -0.3 is 14.8 Å². The van der Waals surface area contributed by atoms with E-state index in [4.69, 9.17) is 14.6 Å². The number of ether oxygens (including phenoxy) is 2. The summed E-state index contributed by atoms with van der Waals surface area (Å²) < 4.78 is 32.8. The molecule has 1 amide bonds. The zero-order chi connectivity index (χ0) is 20.6. The van der Waals surface area contributed by atoms with Gasteiger partial charge in [-0.15, -0.1) is 0 Å². The predicted molar refractivity (Wildman–Crippen MR) is 103 cm³/mol. The monoisotopic (exact) mass is 406 g/mol. The second-order valence-corrected chi connectivity index (χ2v) is 7.60. The van der Waals surface area contributed by atoms with E-state index in [1.165, 1.54) is 24.3 Å². The summed E-state index contributed by atoms with van der Waals surface area (Å²) >= 11 is 0. The molecule has 0 atom stereocenters. The first-order valence-corrected chi connectivity index (χ1v) is 10.1. The van der Waals surface area contributed by atoms with Crippen molar-refractivity contribution in [3.8, 4) is 5.75 Å². The van der Waals surface area contributed by atoms with E-state index >= 15 is 0 Å². The van der Waals surface area contributed by atoms with Crippen LogP contribution in [0.1, 0.15) is 18.4 Å². The first-order valence-electron chi connectivity index (χ1n) is 8.52. The van der Waals surface area contributed by atoms with Crippen molar-refractivity contribution in [3.05, 3.63) is 54.1 Å². The largest absolute Gasteiger partial charge is 0.494 e. The fourth-order valence-corrected chi connectivity index (χ4v) is 2.70. The smallest absolute Gasteiger partial charge is 0.306 e. The van der Waals surface area contributed by atoms with Crippen LogP contribution in [0.4, 0.5) is 5.69 Å². The SMILES string of the molecule is Cc1ccc(OCCCC(=O)OCC(=O)Nc2ccc(S(N)(=O)=O)cc2)cc1. The van der Waals surface area contributed by atoms with Crippen LogP contribution in [0.3, 0.4) is 0 Å². The molecular weight excluding hydrogens is 384 g/mol. The van der Waals surface area contributed by atoms with Crippen molar-refractivity contribution in [1.82, 2.24) is 0 Å². The lowest BCUT2D eigenvalue weighted by molar-refractivity contribution is -0.147. The molecule has 0 heterocycles. The van der Waals surface area contributed by atoms with Gasteiger partial charge in [0, 0.05) is 12.1 Å². The van der Waals surface area contributed by atoms with Gasteiger partial charge in [-0.3, -0.25) is 9.59 Å². The molecule has 0 radical (unpaired) electrons. The maximum Gasteiger partial charge on any atom is 0.306 e. The summed E-state index contributed by atoms with van der Waals surface area (Å²) in [6.45, 7) is 1.91. The Bertz CT molecular complexity index is 908. The molecule has 0 aromatic heterocycles. The van der Waals surface area contributed by atoms with Crippen LogP contribution in [0.5, 0.6) is 5.75 Å². The van der Waals surface area contributed by atoms with Crippen molar-refractivity contribution in [2.24, 2.45) is 5.14 Å². The molecule has 0 unspecified atom stereocenters. The number of nitrogens with one attached hydrogen (secondary N) is 1. The first-order chi connectivity index (χ1) is 13.2. The fraction of sp³-hybridized carbons (Fsp3) is 0.263. The van der Waals surface area contributed by atoms with Gasteiger partial charge in [0.05, 0.1) is 11.5 Å². The number of amides is 1. The summed E-state index contributed by atoms with van der Waals surface area (Å²) in [4.78, 5) is 23.4. The number of carbonyl (C=O) groups is 2. The van der Waals surface area contributed by atoms with Gasteiger partial charge in [-0.2, -0.15) is 0 Å². The van der Waals surface area contributed by atoms with Crippen molar-refractivity contribution < 1.29 is 27.5 Å². The Labute approximate surface area is 163 Å². The normalized spacial score (nSPS) is 10.9. The van der Waals surface area contributed by atoms with Crippen molar-refractivity contribution >= 4 is 27.6 Å². The first kappa shape index (κ1) is 21.4. The average Bonchev–Trinajstić information content (AvgIpc) is 2.65. The summed E-state index contributed by atoms with van der Waals surface area (Å²) in [6.07, 6.45) is 0.589. The van der Waals surface area contributed by atoms with E-state index in [9.17, 15) is 18.0 Å². The van der Waals surface area contributed by atoms with Gasteiger partial charge in [0.1, 0.15) is 5.75 Å². The third-order valence-corrected chi connectivity index (χ3v) is 4.58. The van der Waals surface area contributed by atoms with Crippen LogP contribution in [-0.4, -0.2) is 33.5 Å². The van der Waals surface area contributed by atoms with Gasteiger partial charge >= 0.3 is 5.97 Å². The molecule has 2 aromatic rings. The molecule has 2 rings (SSSR count). The molecule has 0 saturated carbocycles. The lowest BCUT2D eigenvalue weighted by atomic mass is 10.2. The molecule has 3 N–H and O–H groups in total. The summed E-state index contributed by atoms with van der Waals surface area (Å²) in [5.41, 5.74) is 1.49. The van der Waals surface area contributed by atoms with E-state index < -0.39 is 28.5 Å². The number of anilines is 1. The van der Waals surface area contributed by atoms with E-state index in [1.807, 2.05) is 31.2 Å². The zero-order valence-electron chi connectivity index (χ0n) is 15.4. The molecule has 0 aliphatic heterocycles. The molecule has 0 aliphatic rings. The predicted octanol–water partition coefficient (Wildman–Crippen LogP) is 1.98. The van der Waals surface area contributed by atoms with Crippen molar-refractivity contribution in [2.45, 2.75) is 24.7 Å². The topological polar surface area (TPSA) is 125 Å². The van der Waals surface area contributed by atoms with E-state index in [0.717, 1.165) is 11.3 Å². The Morgan fingerprint density at radius 1 is 1.04 bits per heavy atom. The van der Waals surface area contributed by atoms with E-state index in [0.29, 0.717) is 18.7 Å². The second-order valence-electron chi connectivity index (χ2n) is 6.04. The summed E-state index contributed by atoms with van der Waals surface area (Å²) in [7, 11) is -3.79. The highest BCUT2D eigenvalue weighted by molar-refractivity contribution is 7.89. The minimum atomic E-state index is -3.79. The Balaban J connectivity index is 1.65. The molecule has 0 fully saturated rings. The number of primary sulfonamides is 1. The highest BCUT2D eigenvalue weighted by Crippen LogP contribution is 2.13. The lowest BCUT2D eigenvalue weighted by Gasteiger charge is -2.08. The Kier molecular flexibility index (Phi) is 7.53. The maximum absolute atomic E-state index is 11.8. The van der Waals surface area contributed by atoms with Gasteiger partial charge in [0.2, 0.25) is 10.0 Å². The standard InChI is InChI=1S/C19H22N2O6S/c1-14-4-8-16(9-5-14)26-12-2-3-19(23)27-13-18(22)21-15-6-10-17(11-7-15)28(20,24)25/h4-11H,2-3,12-13H2,1H3,(H,21,22)(H2,20,24,25). The second kappa shape index (κ2) is 9.86. The zero-order valence-corrected chi connectivity index (χ0v) is 16.2. The third-order valence-electron chi connectivity index (χ3n) is 3.65. The molecule has 0 saturated heterocycles. The molecule has 9 heteroatoms. The number of sulfonamides is 1. The number of esters is 1. The minimum absolute atomic E-state index is 0.0650. The van der Waals surface area contributed by atoms with Gasteiger partial charge in [0.25, 0.3) is 5.91 Å². The number of benzene rings is 2. The van der Waals surface area contributed by atoms with Gasteiger partial charge in [-0.1, -0.05) is 17.7 Å². The summed E-state index contributed by atoms with van der Waals surface area (Å²) in [6, 6.07) is 12.9. The van der Waals surface area contributed by atoms with E-state index in [2.05, 4.69) is 5.32 Å². The summed E-state index contributed by atoms with van der Waals surface area (Å²) in [5.74, 6) is -0.313. The van der Waals surface area contributed by atoms with Crippen molar-refractivity contribution in [3.63, 3.8) is 0 Å². The van der Waals surface area contributed by atoms with Crippen LogP contribution in [0, 0.1) is 6.92 Å². The van der Waals surface area contributed by atoms with Crippen LogP contribution in [0.25, 0.3) is 0 Å². The molecular formula is C19H22N2O6S. The van der Waals surface area contributed by atoms with Gasteiger partial charge in [-0.25, -0.2) is 13.6 Å². The van der Waals surface area contributed by atoms with Crippen molar-refractivity contribution in [1.29, 1.82) is 0 Å². The quantitative estimate of drug-likeness (QED) is 0.485. The summed E-state index contributed by atoms with van der Waals surface area (Å²) in [5, 5.41) is 7.49. The minimum Gasteiger partial charge on any atom is -0.494 e. The Morgan fingerprint density at radius 2 is 1.68 bits per heavy atom. The Morgan fingerprint density at radius 3 is 2.29 bits per heavy atom. The van der Waals surface area contributed by atoms with Crippen LogP contribution in [-0.2, 0) is 24.3 Å². The molecule has 150 valence electrons. The highest BCUT2D eigenvalue weighted by Gasteiger charge is 2.10. The third kappa shape index (κ3) is 7.37. The van der Waals surface area contributed by atoms with Crippen LogP contribution >= 0.6 is 0 Å². The van der Waals surface area contributed by atoms with Crippen LogP contribution in [0.2, 0.25) is 0 Å². The fourth-order valence-electron chi connectivity index (χ4n) is 2.18. The average molecular weight is 406 g/mol. The molecule has 0 spiro atoms. The molecule has 28 heavy (non-hydrogen) atoms. The number of carbonyl (C=O) groups excluding carboxylic acids is 2. The van der Waals surface area contributed by atoms with Crippen LogP contribution in [0.15, 0.2) is 53.4 Å². The van der Waals surface area contributed by atoms with Crippen LogP contribution < -0.4 is 15.2 Å². The number of hydrogen-bond donors (Lipinski definition) is 2. The maximum atomic E-state index is 11.8. The van der Waals surface area contributed by atoms with E-state index in [-0.39, 0.29) is 11.3 Å². The molecule has 8 nitrogen and oxygen atoms in total. The highest BCUT2D eigenvalue weighted by atomic mass is 32.2. The Hall–Kier alpha value is -2.91. The lowest BCUT2D eigenvalue weighted by Crippen LogP contribution is -2.21. The van der Waals surface area contributed by atoms with E-state index in [1.54, 1.807) is 0 Å². The number of hydrogen-bond acceptors (Lipinski definition) is 6. The van der Waals surface area contributed by atoms with Gasteiger partial charge in [-0.05, 0) is 49.7 Å².